The van der Waals surface area contributed by atoms with E-state index in [1.165, 1.54) is 116 Å². The number of hydrogen-bond donors (Lipinski definition) is 0. The predicted molar refractivity (Wildman–Crippen MR) is 251 cm³/mol. The smallest absolute Gasteiger partial charge is 0.306 e. The summed E-state index contributed by atoms with van der Waals surface area (Å²) in [6, 6.07) is 0. The molecular weight excluding hydrogens is 767 g/mol. The number of carboxylic acids is 1. The Morgan fingerprint density at radius 3 is 1.39 bits per heavy atom. The van der Waals surface area contributed by atoms with Gasteiger partial charge in [0.15, 0.2) is 12.4 Å². The standard InChI is InChI=1S/C52H93NO8/c1-6-8-10-12-14-15-16-17-18-19-20-21-22-23-24-25-26-27-28-29-30-31-32-33-34-35-37-39-41-43-50(55)61-48(46-59-49(54)42-40-38-36-13-11-9-7-2)47-60-52(51(56)57)58-45-44-53(3,4)5/h8,10,14-15,17-18,20-21,48,52H,6-7,9,11-13,16,19,22-47H2,1-5H3/b10-8-,15-14-,18-17-,21-20-. The summed E-state index contributed by atoms with van der Waals surface area (Å²) in [6.07, 6.45) is 49.0. The van der Waals surface area contributed by atoms with Crippen molar-refractivity contribution >= 4 is 17.9 Å². The van der Waals surface area contributed by atoms with Crippen LogP contribution in [0.5, 0.6) is 0 Å². The zero-order chi connectivity index (χ0) is 44.9. The van der Waals surface area contributed by atoms with Crippen molar-refractivity contribution in [1.29, 1.82) is 0 Å². The zero-order valence-corrected chi connectivity index (χ0v) is 40.0. The van der Waals surface area contributed by atoms with Crippen LogP contribution >= 0.6 is 0 Å². The Labute approximate surface area is 374 Å². The van der Waals surface area contributed by atoms with Crippen LogP contribution in [0.1, 0.15) is 206 Å². The first-order valence-corrected chi connectivity index (χ1v) is 24.8. The first-order chi connectivity index (χ1) is 29.6. The van der Waals surface area contributed by atoms with Gasteiger partial charge in [-0.3, -0.25) is 9.59 Å². The van der Waals surface area contributed by atoms with Crippen molar-refractivity contribution in [2.24, 2.45) is 0 Å². The maximum absolute atomic E-state index is 12.7. The normalized spacial score (nSPS) is 13.3. The van der Waals surface area contributed by atoms with E-state index >= 15 is 0 Å². The van der Waals surface area contributed by atoms with E-state index in [9.17, 15) is 19.5 Å². The number of esters is 2. The number of ether oxygens (including phenoxy) is 4. The third-order valence-corrected chi connectivity index (χ3v) is 10.6. The van der Waals surface area contributed by atoms with Crippen LogP contribution in [0.15, 0.2) is 48.6 Å². The van der Waals surface area contributed by atoms with Crippen molar-refractivity contribution in [1.82, 2.24) is 0 Å². The molecule has 2 atom stereocenters. The number of hydrogen-bond acceptors (Lipinski definition) is 8. The molecule has 0 saturated carbocycles. The highest BCUT2D eigenvalue weighted by Crippen LogP contribution is 2.16. The molecule has 9 nitrogen and oxygen atoms in total. The monoisotopic (exact) mass is 860 g/mol. The van der Waals surface area contributed by atoms with Crippen molar-refractivity contribution < 1.29 is 42.9 Å². The number of aliphatic carboxylic acids is 1. The summed E-state index contributed by atoms with van der Waals surface area (Å²) >= 11 is 0. The van der Waals surface area contributed by atoms with Crippen LogP contribution in [0.25, 0.3) is 0 Å². The van der Waals surface area contributed by atoms with Gasteiger partial charge in [0, 0.05) is 12.8 Å². The van der Waals surface area contributed by atoms with E-state index in [1.807, 2.05) is 21.1 Å². The quantitative estimate of drug-likeness (QED) is 0.0196. The second-order valence-corrected chi connectivity index (χ2v) is 17.7. The van der Waals surface area contributed by atoms with E-state index in [4.69, 9.17) is 18.9 Å². The third kappa shape index (κ3) is 45.1. The molecule has 0 radical (unpaired) electrons. The first kappa shape index (κ1) is 58.2. The van der Waals surface area contributed by atoms with Crippen molar-refractivity contribution in [3.05, 3.63) is 48.6 Å². The lowest BCUT2D eigenvalue weighted by atomic mass is 10.0. The lowest BCUT2D eigenvalue weighted by Gasteiger charge is -2.26. The molecule has 2 unspecified atom stereocenters. The molecule has 0 amide bonds. The lowest BCUT2D eigenvalue weighted by molar-refractivity contribution is -0.870. The van der Waals surface area contributed by atoms with Gasteiger partial charge in [-0.1, -0.05) is 191 Å². The summed E-state index contributed by atoms with van der Waals surface area (Å²) < 4.78 is 22.5. The summed E-state index contributed by atoms with van der Waals surface area (Å²) in [5, 5.41) is 11.7. The number of unbranched alkanes of at least 4 members (excludes halogenated alkanes) is 22. The molecule has 0 N–H and O–H groups in total. The van der Waals surface area contributed by atoms with Crippen LogP contribution in [-0.4, -0.2) is 82.3 Å². The van der Waals surface area contributed by atoms with Gasteiger partial charge in [-0.15, -0.1) is 0 Å². The highest BCUT2D eigenvalue weighted by Gasteiger charge is 2.21. The molecule has 0 aliphatic heterocycles. The lowest BCUT2D eigenvalue weighted by Crippen LogP contribution is -2.44. The van der Waals surface area contributed by atoms with Crippen LogP contribution in [0.2, 0.25) is 0 Å². The molecule has 0 aliphatic rings. The van der Waals surface area contributed by atoms with Crippen LogP contribution in [0.4, 0.5) is 0 Å². The number of carboxylic acid groups (broad SMARTS) is 1. The molecule has 354 valence electrons. The Bertz CT molecular complexity index is 1140. The molecule has 9 heteroatoms. The van der Waals surface area contributed by atoms with Gasteiger partial charge in [0.1, 0.15) is 13.2 Å². The summed E-state index contributed by atoms with van der Waals surface area (Å²) in [6.45, 7) is 4.58. The van der Waals surface area contributed by atoms with Crippen molar-refractivity contribution in [2.75, 3.05) is 47.5 Å². The first-order valence-electron chi connectivity index (χ1n) is 24.8. The molecule has 0 aromatic carbocycles. The highest BCUT2D eigenvalue weighted by molar-refractivity contribution is 5.70. The fraction of sp³-hybridized carbons (Fsp3) is 0.788. The average molecular weight is 860 g/mol. The van der Waals surface area contributed by atoms with Crippen LogP contribution in [-0.2, 0) is 33.3 Å². The SMILES string of the molecule is CC/C=C\C/C=C\C/C=C\C/C=C\CCCCCCCCCCCCCCCCCCC(=O)OC(COC(=O)CCCCCCCCC)COC(OCC[N+](C)(C)C)C(=O)[O-]. The van der Waals surface area contributed by atoms with Crippen LogP contribution in [0, 0.1) is 0 Å². The van der Waals surface area contributed by atoms with Gasteiger partial charge in [0.2, 0.25) is 0 Å². The summed E-state index contributed by atoms with van der Waals surface area (Å²) in [5.41, 5.74) is 0. The second-order valence-electron chi connectivity index (χ2n) is 17.7. The fourth-order valence-electron chi connectivity index (χ4n) is 6.76. The Balaban J connectivity index is 4.07. The average Bonchev–Trinajstić information content (AvgIpc) is 3.22. The molecule has 61 heavy (non-hydrogen) atoms. The Kier molecular flexibility index (Phi) is 41.9. The maximum atomic E-state index is 12.7. The minimum atomic E-state index is -1.62. The van der Waals surface area contributed by atoms with Gasteiger partial charge in [-0.05, 0) is 51.4 Å². The van der Waals surface area contributed by atoms with E-state index in [1.54, 1.807) is 0 Å². The molecule has 0 aromatic heterocycles. The number of likely N-dealkylation sites (N-methyl/N-ethyl adjacent to an activating group) is 1. The molecule has 0 fully saturated rings. The molecule has 0 aliphatic carbocycles. The fourth-order valence-corrected chi connectivity index (χ4v) is 6.76. The molecule has 0 heterocycles. The second kappa shape index (κ2) is 43.9. The Morgan fingerprint density at radius 2 is 0.934 bits per heavy atom. The molecule has 0 rings (SSSR count). The minimum Gasteiger partial charge on any atom is -0.545 e. The number of carbonyl (C=O) groups is 3. The predicted octanol–water partition coefficient (Wildman–Crippen LogP) is 12.2. The van der Waals surface area contributed by atoms with Crippen molar-refractivity contribution in [3.63, 3.8) is 0 Å². The van der Waals surface area contributed by atoms with Gasteiger partial charge < -0.3 is 33.3 Å². The van der Waals surface area contributed by atoms with E-state index in [2.05, 4.69) is 62.5 Å². The zero-order valence-electron chi connectivity index (χ0n) is 40.0. The minimum absolute atomic E-state index is 0.148. The van der Waals surface area contributed by atoms with Gasteiger partial charge in [0.25, 0.3) is 0 Å². The summed E-state index contributed by atoms with van der Waals surface area (Å²) in [4.78, 5) is 36.8. The summed E-state index contributed by atoms with van der Waals surface area (Å²) in [7, 11) is 5.90. The van der Waals surface area contributed by atoms with Crippen LogP contribution < -0.4 is 5.11 Å². The maximum Gasteiger partial charge on any atom is 0.306 e. The Hall–Kier alpha value is -2.75. The molecule has 0 aromatic rings. The number of rotatable bonds is 45. The van der Waals surface area contributed by atoms with E-state index in [0.717, 1.165) is 57.8 Å². The summed E-state index contributed by atoms with van der Waals surface area (Å²) in [5.74, 6) is -2.29. The molecular formula is C52H93NO8. The van der Waals surface area contributed by atoms with Crippen molar-refractivity contribution in [3.8, 4) is 0 Å². The number of allylic oxidation sites excluding steroid dienone is 8. The van der Waals surface area contributed by atoms with Gasteiger partial charge >= 0.3 is 11.9 Å². The van der Waals surface area contributed by atoms with E-state index in [-0.39, 0.29) is 32.2 Å². The molecule has 0 bridgehead atoms. The van der Waals surface area contributed by atoms with Crippen molar-refractivity contribution in [2.45, 2.75) is 219 Å². The van der Waals surface area contributed by atoms with Gasteiger partial charge in [0.05, 0.1) is 40.3 Å². The van der Waals surface area contributed by atoms with Gasteiger partial charge in [-0.25, -0.2) is 0 Å². The van der Waals surface area contributed by atoms with Crippen LogP contribution in [0.3, 0.4) is 0 Å². The number of carbonyl (C=O) groups excluding carboxylic acids is 3. The van der Waals surface area contributed by atoms with E-state index < -0.39 is 24.3 Å². The Morgan fingerprint density at radius 1 is 0.508 bits per heavy atom. The topological polar surface area (TPSA) is 111 Å². The molecule has 0 spiro atoms. The number of quaternary nitrogens is 1. The van der Waals surface area contributed by atoms with Gasteiger partial charge in [-0.2, -0.15) is 0 Å². The largest absolute Gasteiger partial charge is 0.545 e. The third-order valence-electron chi connectivity index (χ3n) is 10.6. The number of nitrogens with zero attached hydrogens (tertiary/aromatic N) is 1. The highest BCUT2D eigenvalue weighted by atomic mass is 16.7. The molecule has 0 saturated heterocycles. The van der Waals surface area contributed by atoms with E-state index in [0.29, 0.717) is 23.9 Å².